The lowest BCUT2D eigenvalue weighted by Crippen LogP contribution is -1.99. The average Bonchev–Trinajstić information content (AvgIpc) is 2.42. The van der Waals surface area contributed by atoms with Crippen LogP contribution in [0.25, 0.3) is 0 Å². The average molecular weight is 264 g/mol. The van der Waals surface area contributed by atoms with E-state index in [0.29, 0.717) is 18.4 Å². The number of aryl methyl sites for hydroxylation is 1. The van der Waals surface area contributed by atoms with Gasteiger partial charge in [0.1, 0.15) is 5.15 Å². The van der Waals surface area contributed by atoms with E-state index >= 15 is 0 Å². The Morgan fingerprint density at radius 3 is 2.67 bits per heavy atom. The molecule has 0 amide bonds. The molecule has 4 nitrogen and oxygen atoms in total. The normalized spacial score (nSPS) is 10.5. The third kappa shape index (κ3) is 4.39. The molecule has 2 aromatic rings. The first kappa shape index (κ1) is 12.9. The van der Waals surface area contributed by atoms with E-state index in [1.807, 2.05) is 12.1 Å². The molecule has 18 heavy (non-hydrogen) atoms. The Morgan fingerprint density at radius 2 is 1.94 bits per heavy atom. The number of rotatable bonds is 6. The molecule has 0 atom stereocenters. The van der Waals surface area contributed by atoms with Crippen molar-refractivity contribution >= 4 is 11.6 Å². The summed E-state index contributed by atoms with van der Waals surface area (Å²) < 4.78 is 5.52. The minimum Gasteiger partial charge on any atom is -0.375 e. The summed E-state index contributed by atoms with van der Waals surface area (Å²) in [4.78, 5) is 12.0. The van der Waals surface area contributed by atoms with E-state index in [4.69, 9.17) is 16.3 Å². The van der Waals surface area contributed by atoms with Crippen molar-refractivity contribution in [3.8, 4) is 0 Å². The van der Waals surface area contributed by atoms with Crippen molar-refractivity contribution in [2.45, 2.75) is 19.4 Å². The number of hydrogen-bond acceptors (Lipinski definition) is 4. The van der Waals surface area contributed by atoms with Gasteiger partial charge in [-0.3, -0.25) is 9.97 Å². The Bertz CT molecular complexity index is 461. The van der Waals surface area contributed by atoms with Gasteiger partial charge in [-0.2, -0.15) is 0 Å². The number of pyridine rings is 1. The molecule has 0 radical (unpaired) electrons. The van der Waals surface area contributed by atoms with Gasteiger partial charge in [-0.1, -0.05) is 11.6 Å². The number of hydrogen-bond donors (Lipinski definition) is 0. The summed E-state index contributed by atoms with van der Waals surface area (Å²) in [5.41, 5.74) is 2.07. The van der Waals surface area contributed by atoms with Gasteiger partial charge >= 0.3 is 0 Å². The lowest BCUT2D eigenvalue weighted by atomic mass is 10.1. The summed E-state index contributed by atoms with van der Waals surface area (Å²) in [5, 5.41) is 0.399. The van der Waals surface area contributed by atoms with Crippen LogP contribution in [0, 0.1) is 0 Å². The molecule has 0 bridgehead atoms. The van der Waals surface area contributed by atoms with Crippen molar-refractivity contribution in [1.29, 1.82) is 0 Å². The van der Waals surface area contributed by atoms with Gasteiger partial charge < -0.3 is 4.74 Å². The van der Waals surface area contributed by atoms with Gasteiger partial charge in [0.05, 0.1) is 24.7 Å². The number of halogens is 1. The van der Waals surface area contributed by atoms with E-state index in [9.17, 15) is 0 Å². The molecule has 0 saturated heterocycles. The SMILES string of the molecule is Clc1cnc(COCCCc2ccncc2)cn1. The highest BCUT2D eigenvalue weighted by atomic mass is 35.5. The lowest BCUT2D eigenvalue weighted by molar-refractivity contribution is 0.116. The molecule has 0 unspecified atom stereocenters. The summed E-state index contributed by atoms with van der Waals surface area (Å²) in [5.74, 6) is 0. The van der Waals surface area contributed by atoms with Crippen LogP contribution in [0.2, 0.25) is 5.15 Å². The van der Waals surface area contributed by atoms with E-state index in [1.165, 1.54) is 11.8 Å². The maximum absolute atomic E-state index is 5.64. The molecular formula is C13H14ClN3O. The largest absolute Gasteiger partial charge is 0.375 e. The monoisotopic (exact) mass is 263 g/mol. The van der Waals surface area contributed by atoms with Crippen LogP contribution < -0.4 is 0 Å². The Labute approximate surface area is 111 Å². The van der Waals surface area contributed by atoms with Crippen molar-refractivity contribution < 1.29 is 4.74 Å². The molecule has 5 heteroatoms. The number of nitrogens with zero attached hydrogens (tertiary/aromatic N) is 3. The molecule has 0 saturated carbocycles. The van der Waals surface area contributed by atoms with Gasteiger partial charge in [0.25, 0.3) is 0 Å². The minimum atomic E-state index is 0.399. The van der Waals surface area contributed by atoms with Crippen LogP contribution in [0.15, 0.2) is 36.9 Å². The molecule has 0 N–H and O–H groups in total. The van der Waals surface area contributed by atoms with Gasteiger partial charge in [0, 0.05) is 19.0 Å². The molecule has 2 aromatic heterocycles. The first-order valence-electron chi connectivity index (χ1n) is 5.77. The van der Waals surface area contributed by atoms with E-state index < -0.39 is 0 Å². The minimum absolute atomic E-state index is 0.399. The van der Waals surface area contributed by atoms with Crippen LogP contribution in [0.5, 0.6) is 0 Å². The molecule has 0 aliphatic heterocycles. The summed E-state index contributed by atoms with van der Waals surface area (Å²) in [6.45, 7) is 1.17. The van der Waals surface area contributed by atoms with Crippen molar-refractivity contribution in [2.24, 2.45) is 0 Å². The third-order valence-electron chi connectivity index (χ3n) is 2.43. The van der Waals surface area contributed by atoms with E-state index in [-0.39, 0.29) is 0 Å². The second kappa shape index (κ2) is 7.03. The first-order chi connectivity index (χ1) is 8.84. The van der Waals surface area contributed by atoms with Crippen LogP contribution in [0.4, 0.5) is 0 Å². The van der Waals surface area contributed by atoms with Crippen molar-refractivity contribution in [3.05, 3.63) is 53.3 Å². The topological polar surface area (TPSA) is 47.9 Å². The van der Waals surface area contributed by atoms with Crippen LogP contribution in [-0.2, 0) is 17.8 Å². The lowest BCUT2D eigenvalue weighted by Gasteiger charge is -2.03. The molecule has 0 aliphatic rings. The van der Waals surface area contributed by atoms with E-state index in [1.54, 1.807) is 18.6 Å². The van der Waals surface area contributed by atoms with Gasteiger partial charge in [-0.05, 0) is 30.5 Å². The molecule has 0 aromatic carbocycles. The highest BCUT2D eigenvalue weighted by molar-refractivity contribution is 6.29. The highest BCUT2D eigenvalue weighted by Gasteiger charge is 1.97. The molecule has 0 fully saturated rings. The third-order valence-corrected chi connectivity index (χ3v) is 2.62. The predicted octanol–water partition coefficient (Wildman–Crippen LogP) is 2.67. The van der Waals surface area contributed by atoms with Crippen molar-refractivity contribution in [3.63, 3.8) is 0 Å². The van der Waals surface area contributed by atoms with Crippen molar-refractivity contribution in [1.82, 2.24) is 15.0 Å². The predicted molar refractivity (Wildman–Crippen MR) is 69.3 cm³/mol. The Hall–Kier alpha value is -1.52. The number of aromatic nitrogens is 3. The van der Waals surface area contributed by atoms with Gasteiger partial charge in [0.15, 0.2) is 0 Å². The molecule has 94 valence electrons. The van der Waals surface area contributed by atoms with E-state index in [2.05, 4.69) is 15.0 Å². The molecule has 0 aliphatic carbocycles. The molecule has 2 rings (SSSR count). The maximum atomic E-state index is 5.64. The summed E-state index contributed by atoms with van der Waals surface area (Å²) in [6.07, 6.45) is 8.74. The zero-order valence-electron chi connectivity index (χ0n) is 9.92. The molecule has 0 spiro atoms. The van der Waals surface area contributed by atoms with Crippen LogP contribution in [0.1, 0.15) is 17.7 Å². The fraction of sp³-hybridized carbons (Fsp3) is 0.308. The summed E-state index contributed by atoms with van der Waals surface area (Å²) in [6, 6.07) is 4.04. The van der Waals surface area contributed by atoms with Crippen LogP contribution in [-0.4, -0.2) is 21.6 Å². The Balaban J connectivity index is 1.63. The highest BCUT2D eigenvalue weighted by Crippen LogP contribution is 2.04. The first-order valence-corrected chi connectivity index (χ1v) is 6.15. The van der Waals surface area contributed by atoms with Crippen LogP contribution >= 0.6 is 11.6 Å². The molecular weight excluding hydrogens is 250 g/mol. The van der Waals surface area contributed by atoms with Gasteiger partial charge in [-0.25, -0.2) is 4.98 Å². The van der Waals surface area contributed by atoms with Gasteiger partial charge in [0.2, 0.25) is 0 Å². The second-order valence-electron chi connectivity index (χ2n) is 3.84. The number of ether oxygens (including phenoxy) is 1. The fourth-order valence-corrected chi connectivity index (χ4v) is 1.62. The quantitative estimate of drug-likeness (QED) is 0.752. The standard InChI is InChI=1S/C13H14ClN3O/c14-13-9-16-12(8-17-13)10-18-7-1-2-11-3-5-15-6-4-11/h3-6,8-9H,1-2,7,10H2. The zero-order valence-corrected chi connectivity index (χ0v) is 10.7. The zero-order chi connectivity index (χ0) is 12.6. The maximum Gasteiger partial charge on any atom is 0.147 e. The van der Waals surface area contributed by atoms with E-state index in [0.717, 1.165) is 18.5 Å². The molecule has 2 heterocycles. The van der Waals surface area contributed by atoms with Crippen LogP contribution in [0.3, 0.4) is 0 Å². The smallest absolute Gasteiger partial charge is 0.147 e. The summed E-state index contributed by atoms with van der Waals surface area (Å²) in [7, 11) is 0. The summed E-state index contributed by atoms with van der Waals surface area (Å²) >= 11 is 5.64. The van der Waals surface area contributed by atoms with Crippen molar-refractivity contribution in [2.75, 3.05) is 6.61 Å². The second-order valence-corrected chi connectivity index (χ2v) is 4.23. The Kier molecular flexibility index (Phi) is 5.05. The van der Waals surface area contributed by atoms with Gasteiger partial charge in [-0.15, -0.1) is 0 Å². The Morgan fingerprint density at radius 1 is 1.11 bits per heavy atom. The fourth-order valence-electron chi connectivity index (χ4n) is 1.52.